The molecule has 1 saturated heterocycles. The molecule has 0 aliphatic carbocycles. The molecule has 0 bridgehead atoms. The van der Waals surface area contributed by atoms with E-state index in [1.165, 1.54) is 0 Å². The van der Waals surface area contributed by atoms with Gasteiger partial charge in [0, 0.05) is 19.0 Å². The molecule has 1 fully saturated rings. The number of anilines is 1. The Balaban J connectivity index is 2.17. The van der Waals surface area contributed by atoms with E-state index in [0.29, 0.717) is 0 Å². The smallest absolute Gasteiger partial charge is 0.398 e. The summed E-state index contributed by atoms with van der Waals surface area (Å²) in [5.41, 5.74) is 0.255. The van der Waals surface area contributed by atoms with Gasteiger partial charge < -0.3 is 14.2 Å². The Kier molecular flexibility index (Phi) is 3.47. The fraction of sp³-hybridized carbons (Fsp3) is 0.750. The molecular weight excluding hydrogens is 247 g/mol. The molecule has 0 spiro atoms. The van der Waals surface area contributed by atoms with Crippen molar-refractivity contribution in [3.63, 3.8) is 0 Å². The average Bonchev–Trinajstić information content (AvgIpc) is 2.82. The van der Waals surface area contributed by atoms with Crippen LogP contribution in [0.15, 0.2) is 5.38 Å². The summed E-state index contributed by atoms with van der Waals surface area (Å²) < 4.78 is 12.0. The van der Waals surface area contributed by atoms with E-state index in [1.54, 1.807) is 11.3 Å². The van der Waals surface area contributed by atoms with Crippen molar-refractivity contribution in [1.82, 2.24) is 4.98 Å². The van der Waals surface area contributed by atoms with Crippen LogP contribution in [0.3, 0.4) is 0 Å². The summed E-state index contributed by atoms with van der Waals surface area (Å²) in [5, 5.41) is 3.02. The standard InChI is InChI=1S/C12H21BN2O2S/c1-7-15(6)10-14-9(8-18-10)13-16-11(2,3)12(4,5)17-13/h8H,7H2,1-6H3. The van der Waals surface area contributed by atoms with Crippen molar-refractivity contribution in [1.29, 1.82) is 0 Å². The van der Waals surface area contributed by atoms with Crippen LogP contribution >= 0.6 is 11.3 Å². The summed E-state index contributed by atoms with van der Waals surface area (Å²) in [4.78, 5) is 6.70. The fourth-order valence-electron chi connectivity index (χ4n) is 1.66. The van der Waals surface area contributed by atoms with Crippen LogP contribution in [0.1, 0.15) is 34.6 Å². The van der Waals surface area contributed by atoms with Gasteiger partial charge in [-0.25, -0.2) is 4.98 Å². The third-order valence-electron chi connectivity index (χ3n) is 3.81. The first-order chi connectivity index (χ1) is 8.27. The van der Waals surface area contributed by atoms with E-state index in [2.05, 4.69) is 44.5 Å². The third-order valence-corrected chi connectivity index (χ3v) is 4.78. The van der Waals surface area contributed by atoms with Crippen LogP contribution in [-0.2, 0) is 9.31 Å². The number of hydrogen-bond acceptors (Lipinski definition) is 5. The van der Waals surface area contributed by atoms with Gasteiger partial charge in [0.2, 0.25) is 0 Å². The van der Waals surface area contributed by atoms with Crippen molar-refractivity contribution in [3.8, 4) is 0 Å². The van der Waals surface area contributed by atoms with Gasteiger partial charge in [0.05, 0.1) is 16.8 Å². The zero-order chi connectivity index (χ0) is 13.6. The molecule has 2 rings (SSSR count). The molecule has 1 aromatic heterocycles. The lowest BCUT2D eigenvalue weighted by Crippen LogP contribution is -2.41. The predicted octanol–water partition coefficient (Wildman–Crippen LogP) is 1.90. The summed E-state index contributed by atoms with van der Waals surface area (Å²) in [6.45, 7) is 11.3. The highest BCUT2D eigenvalue weighted by Gasteiger charge is 2.52. The van der Waals surface area contributed by atoms with Crippen LogP contribution in [0, 0.1) is 0 Å². The van der Waals surface area contributed by atoms with Gasteiger partial charge >= 0.3 is 7.12 Å². The first-order valence-corrected chi connectivity index (χ1v) is 7.17. The van der Waals surface area contributed by atoms with E-state index >= 15 is 0 Å². The van der Waals surface area contributed by atoms with E-state index in [9.17, 15) is 0 Å². The second kappa shape index (κ2) is 4.51. The van der Waals surface area contributed by atoms with Crippen LogP contribution < -0.4 is 10.5 Å². The van der Waals surface area contributed by atoms with Crippen molar-refractivity contribution in [2.45, 2.75) is 45.8 Å². The molecule has 0 atom stereocenters. The maximum atomic E-state index is 5.98. The van der Waals surface area contributed by atoms with Crippen molar-refractivity contribution in [3.05, 3.63) is 5.38 Å². The van der Waals surface area contributed by atoms with Gasteiger partial charge in [0.1, 0.15) is 0 Å². The van der Waals surface area contributed by atoms with Gasteiger partial charge in [0.15, 0.2) is 5.13 Å². The van der Waals surface area contributed by atoms with Crippen LogP contribution in [0.4, 0.5) is 5.13 Å². The van der Waals surface area contributed by atoms with E-state index in [4.69, 9.17) is 9.31 Å². The largest absolute Gasteiger partial charge is 0.515 e. The maximum Gasteiger partial charge on any atom is 0.515 e. The zero-order valence-electron chi connectivity index (χ0n) is 12.0. The first kappa shape index (κ1) is 13.8. The normalized spacial score (nSPS) is 21.3. The summed E-state index contributed by atoms with van der Waals surface area (Å²) in [6, 6.07) is 0. The van der Waals surface area contributed by atoms with E-state index < -0.39 is 0 Å². The molecule has 2 heterocycles. The van der Waals surface area contributed by atoms with E-state index in [1.807, 2.05) is 12.4 Å². The Bertz CT molecular complexity index is 417. The summed E-state index contributed by atoms with van der Waals surface area (Å²) in [7, 11) is 1.68. The van der Waals surface area contributed by atoms with Gasteiger partial charge in [-0.15, -0.1) is 11.3 Å². The number of nitrogens with zero attached hydrogens (tertiary/aromatic N) is 2. The molecule has 0 N–H and O–H groups in total. The van der Waals surface area contributed by atoms with Crippen molar-refractivity contribution < 1.29 is 9.31 Å². The number of thiazole rings is 1. The maximum absolute atomic E-state index is 5.98. The molecule has 0 saturated carbocycles. The molecule has 0 aromatic carbocycles. The molecule has 6 heteroatoms. The molecule has 0 unspecified atom stereocenters. The number of aromatic nitrogens is 1. The fourth-order valence-corrected chi connectivity index (χ4v) is 2.52. The topological polar surface area (TPSA) is 34.6 Å². The van der Waals surface area contributed by atoms with Crippen LogP contribution in [-0.4, -0.2) is 36.9 Å². The minimum atomic E-state index is -0.356. The lowest BCUT2D eigenvalue weighted by Gasteiger charge is -2.32. The van der Waals surface area contributed by atoms with Gasteiger partial charge in [-0.1, -0.05) is 0 Å². The number of rotatable bonds is 3. The van der Waals surface area contributed by atoms with Crippen molar-refractivity contribution in [2.24, 2.45) is 0 Å². The van der Waals surface area contributed by atoms with Crippen molar-refractivity contribution >= 4 is 29.2 Å². The van der Waals surface area contributed by atoms with E-state index in [0.717, 1.165) is 17.3 Å². The lowest BCUT2D eigenvalue weighted by molar-refractivity contribution is 0.00578. The molecule has 1 aromatic rings. The monoisotopic (exact) mass is 268 g/mol. The average molecular weight is 268 g/mol. The predicted molar refractivity (Wildman–Crippen MR) is 76.8 cm³/mol. The summed E-state index contributed by atoms with van der Waals surface area (Å²) in [5.74, 6) is 0. The van der Waals surface area contributed by atoms with Crippen LogP contribution in [0.25, 0.3) is 0 Å². The molecular formula is C12H21BN2O2S. The van der Waals surface area contributed by atoms with Crippen LogP contribution in [0.2, 0.25) is 0 Å². The minimum Gasteiger partial charge on any atom is -0.398 e. The molecule has 0 amide bonds. The summed E-state index contributed by atoms with van der Waals surface area (Å²) >= 11 is 1.62. The van der Waals surface area contributed by atoms with Gasteiger partial charge in [-0.05, 0) is 34.6 Å². The SMILES string of the molecule is CCN(C)c1nc(B2OC(C)(C)C(C)(C)O2)cs1. The molecule has 4 nitrogen and oxygen atoms in total. The van der Waals surface area contributed by atoms with E-state index in [-0.39, 0.29) is 18.3 Å². The zero-order valence-corrected chi connectivity index (χ0v) is 12.8. The first-order valence-electron chi connectivity index (χ1n) is 6.29. The molecule has 1 aliphatic rings. The van der Waals surface area contributed by atoms with Gasteiger partial charge in [0.25, 0.3) is 0 Å². The molecule has 1 aliphatic heterocycles. The Hall–Kier alpha value is -0.585. The van der Waals surface area contributed by atoms with Crippen LogP contribution in [0.5, 0.6) is 0 Å². The molecule has 0 radical (unpaired) electrons. The second-order valence-electron chi connectivity index (χ2n) is 5.66. The molecule has 18 heavy (non-hydrogen) atoms. The highest BCUT2D eigenvalue weighted by molar-refractivity contribution is 7.14. The van der Waals surface area contributed by atoms with Gasteiger partial charge in [-0.2, -0.15) is 0 Å². The Labute approximate surface area is 113 Å². The second-order valence-corrected chi connectivity index (χ2v) is 6.49. The van der Waals surface area contributed by atoms with Crippen molar-refractivity contribution in [2.75, 3.05) is 18.5 Å². The third kappa shape index (κ3) is 2.29. The Morgan fingerprint density at radius 1 is 1.28 bits per heavy atom. The molecule has 100 valence electrons. The number of hydrogen-bond donors (Lipinski definition) is 0. The Morgan fingerprint density at radius 3 is 2.33 bits per heavy atom. The quantitative estimate of drug-likeness (QED) is 0.784. The van der Waals surface area contributed by atoms with Gasteiger partial charge in [-0.3, -0.25) is 0 Å². The lowest BCUT2D eigenvalue weighted by atomic mass is 9.86. The highest BCUT2D eigenvalue weighted by Crippen LogP contribution is 2.36. The highest BCUT2D eigenvalue weighted by atomic mass is 32.1. The Morgan fingerprint density at radius 2 is 1.83 bits per heavy atom. The minimum absolute atomic E-state index is 0.307. The summed E-state index contributed by atoms with van der Waals surface area (Å²) in [6.07, 6.45) is 0.